The summed E-state index contributed by atoms with van der Waals surface area (Å²) >= 11 is 0. The largest absolute Gasteiger partial charge is 0.329 e. The molecule has 1 aromatic rings. The molecule has 1 aromatic heterocycles. The number of nitrogens with zero attached hydrogens (tertiary/aromatic N) is 2. The molecule has 1 heterocycles. The number of aromatic nitrogens is 2. The van der Waals surface area contributed by atoms with Crippen LogP contribution in [0.1, 0.15) is 25.5 Å². The average molecular weight is 182 g/mol. The highest BCUT2D eigenvalue weighted by molar-refractivity contribution is 5.10. The molecule has 13 heavy (non-hydrogen) atoms. The van der Waals surface area contributed by atoms with Crippen molar-refractivity contribution in [1.82, 2.24) is 15.1 Å². The van der Waals surface area contributed by atoms with Gasteiger partial charge in [0.1, 0.15) is 0 Å². The maximum absolute atomic E-state index is 5.66. The summed E-state index contributed by atoms with van der Waals surface area (Å²) in [4.78, 5) is 0. The quantitative estimate of drug-likeness (QED) is 0.709. The first kappa shape index (κ1) is 10.2. The summed E-state index contributed by atoms with van der Waals surface area (Å²) in [6.07, 6.45) is 3.85. The monoisotopic (exact) mass is 182 g/mol. The highest BCUT2D eigenvalue weighted by Gasteiger charge is 2.11. The number of hydrogen-bond donors (Lipinski definition) is 2. The first-order valence-electron chi connectivity index (χ1n) is 4.58. The van der Waals surface area contributed by atoms with Crippen molar-refractivity contribution in [2.75, 3.05) is 6.54 Å². The van der Waals surface area contributed by atoms with Crippen LogP contribution >= 0.6 is 0 Å². The minimum absolute atomic E-state index is 0.216. The zero-order chi connectivity index (χ0) is 9.84. The minimum Gasteiger partial charge on any atom is -0.329 e. The molecule has 4 heteroatoms. The van der Waals surface area contributed by atoms with Crippen LogP contribution in [0, 0.1) is 0 Å². The normalized spacial score (nSPS) is 13.6. The molecule has 0 saturated carbocycles. The van der Waals surface area contributed by atoms with Crippen LogP contribution in [0.2, 0.25) is 0 Å². The van der Waals surface area contributed by atoms with Crippen molar-refractivity contribution in [3.8, 4) is 0 Å². The van der Waals surface area contributed by atoms with Gasteiger partial charge in [-0.2, -0.15) is 5.10 Å². The molecule has 3 N–H and O–H groups in total. The average Bonchev–Trinajstić information content (AvgIpc) is 2.47. The van der Waals surface area contributed by atoms with E-state index in [4.69, 9.17) is 5.73 Å². The summed E-state index contributed by atoms with van der Waals surface area (Å²) in [5, 5.41) is 7.49. The van der Waals surface area contributed by atoms with E-state index in [2.05, 4.69) is 24.3 Å². The van der Waals surface area contributed by atoms with E-state index in [1.54, 1.807) is 4.68 Å². The predicted molar refractivity (Wildman–Crippen MR) is 53.3 cm³/mol. The summed E-state index contributed by atoms with van der Waals surface area (Å²) in [6.45, 7) is 4.82. The molecule has 0 spiro atoms. The lowest BCUT2D eigenvalue weighted by atomic mass is 10.1. The van der Waals surface area contributed by atoms with Gasteiger partial charge in [0.2, 0.25) is 0 Å². The van der Waals surface area contributed by atoms with Crippen molar-refractivity contribution >= 4 is 0 Å². The Morgan fingerprint density at radius 3 is 2.69 bits per heavy atom. The highest BCUT2D eigenvalue weighted by atomic mass is 15.2. The Hall–Kier alpha value is -0.870. The molecule has 0 amide bonds. The van der Waals surface area contributed by atoms with Gasteiger partial charge in [0.25, 0.3) is 0 Å². The predicted octanol–water partition coefficient (Wildman–Crippen LogP) is 0.418. The molecule has 0 fully saturated rings. The van der Waals surface area contributed by atoms with Gasteiger partial charge in [-0.1, -0.05) is 13.8 Å². The molecule has 0 aliphatic rings. The van der Waals surface area contributed by atoms with Crippen LogP contribution in [-0.4, -0.2) is 22.4 Å². The lowest BCUT2D eigenvalue weighted by molar-refractivity contribution is 0.483. The summed E-state index contributed by atoms with van der Waals surface area (Å²) in [6, 6.07) is 0.655. The lowest BCUT2D eigenvalue weighted by Crippen LogP contribution is -2.32. The van der Waals surface area contributed by atoms with Gasteiger partial charge in [0.05, 0.1) is 6.20 Å². The van der Waals surface area contributed by atoms with Gasteiger partial charge in [-0.15, -0.1) is 0 Å². The standard InChI is InChI=1S/C9H18N4/c1-7(2)12-9(4-10)8-5-11-13(3)6-8/h5-7,9,12H,4,10H2,1-3H3. The maximum atomic E-state index is 5.66. The van der Waals surface area contributed by atoms with Crippen LogP contribution < -0.4 is 11.1 Å². The third-order valence-corrected chi connectivity index (χ3v) is 1.90. The summed E-state index contributed by atoms with van der Waals surface area (Å²) < 4.78 is 1.79. The van der Waals surface area contributed by atoms with Crippen LogP contribution in [0.3, 0.4) is 0 Å². The smallest absolute Gasteiger partial charge is 0.0538 e. The Balaban J connectivity index is 2.66. The van der Waals surface area contributed by atoms with Crippen LogP contribution in [0.15, 0.2) is 12.4 Å². The molecule has 4 nitrogen and oxygen atoms in total. The van der Waals surface area contributed by atoms with Gasteiger partial charge in [-0.05, 0) is 0 Å². The highest BCUT2D eigenvalue weighted by Crippen LogP contribution is 2.10. The van der Waals surface area contributed by atoms with E-state index in [0.29, 0.717) is 12.6 Å². The van der Waals surface area contributed by atoms with E-state index in [-0.39, 0.29) is 6.04 Å². The fraction of sp³-hybridized carbons (Fsp3) is 0.667. The molecular formula is C9H18N4. The van der Waals surface area contributed by atoms with Gasteiger partial charge in [0, 0.05) is 37.4 Å². The Morgan fingerprint density at radius 1 is 1.62 bits per heavy atom. The summed E-state index contributed by atoms with van der Waals surface area (Å²) in [5.41, 5.74) is 6.81. The van der Waals surface area contributed by atoms with Gasteiger partial charge in [0.15, 0.2) is 0 Å². The third-order valence-electron chi connectivity index (χ3n) is 1.90. The third kappa shape index (κ3) is 2.82. The van der Waals surface area contributed by atoms with Gasteiger partial charge in [-0.3, -0.25) is 4.68 Å². The number of nitrogens with one attached hydrogen (secondary N) is 1. The maximum Gasteiger partial charge on any atom is 0.0538 e. The molecule has 1 rings (SSSR count). The molecule has 74 valence electrons. The SMILES string of the molecule is CC(C)NC(CN)c1cnn(C)c1. The van der Waals surface area contributed by atoms with Crippen LogP contribution in [-0.2, 0) is 7.05 Å². The Bertz CT molecular complexity index is 254. The summed E-state index contributed by atoms with van der Waals surface area (Å²) in [5.74, 6) is 0. The fourth-order valence-electron chi connectivity index (χ4n) is 1.32. The van der Waals surface area contributed by atoms with Crippen molar-refractivity contribution in [2.24, 2.45) is 12.8 Å². The molecule has 0 bridgehead atoms. The van der Waals surface area contributed by atoms with E-state index in [9.17, 15) is 0 Å². The molecule has 0 aromatic carbocycles. The molecule has 1 unspecified atom stereocenters. The van der Waals surface area contributed by atoms with Gasteiger partial charge in [-0.25, -0.2) is 0 Å². The second-order valence-electron chi connectivity index (χ2n) is 3.56. The van der Waals surface area contributed by atoms with Crippen LogP contribution in [0.5, 0.6) is 0 Å². The Morgan fingerprint density at radius 2 is 2.31 bits per heavy atom. The number of nitrogens with two attached hydrogens (primary N) is 1. The minimum atomic E-state index is 0.216. The molecular weight excluding hydrogens is 164 g/mol. The second-order valence-corrected chi connectivity index (χ2v) is 3.56. The molecule has 0 aliphatic heterocycles. The number of rotatable bonds is 4. The zero-order valence-electron chi connectivity index (χ0n) is 8.49. The summed E-state index contributed by atoms with van der Waals surface area (Å²) in [7, 11) is 1.91. The van der Waals surface area contributed by atoms with E-state index in [1.807, 2.05) is 19.4 Å². The van der Waals surface area contributed by atoms with Crippen molar-refractivity contribution < 1.29 is 0 Å². The fourth-order valence-corrected chi connectivity index (χ4v) is 1.32. The first-order chi connectivity index (χ1) is 6.13. The lowest BCUT2D eigenvalue weighted by Gasteiger charge is -2.17. The Labute approximate surface area is 79.1 Å². The first-order valence-corrected chi connectivity index (χ1v) is 4.58. The Kier molecular flexibility index (Phi) is 3.45. The zero-order valence-corrected chi connectivity index (χ0v) is 8.49. The van der Waals surface area contributed by atoms with E-state index >= 15 is 0 Å². The van der Waals surface area contributed by atoms with Crippen molar-refractivity contribution in [3.63, 3.8) is 0 Å². The van der Waals surface area contributed by atoms with Crippen molar-refractivity contribution in [2.45, 2.75) is 25.9 Å². The molecule has 0 aliphatic carbocycles. The topological polar surface area (TPSA) is 55.9 Å². The van der Waals surface area contributed by atoms with Crippen molar-refractivity contribution in [1.29, 1.82) is 0 Å². The molecule has 1 atom stereocenters. The van der Waals surface area contributed by atoms with Crippen LogP contribution in [0.25, 0.3) is 0 Å². The van der Waals surface area contributed by atoms with Gasteiger partial charge >= 0.3 is 0 Å². The van der Waals surface area contributed by atoms with E-state index < -0.39 is 0 Å². The number of aryl methyl sites for hydroxylation is 1. The molecule has 0 saturated heterocycles. The van der Waals surface area contributed by atoms with E-state index in [0.717, 1.165) is 5.56 Å². The van der Waals surface area contributed by atoms with Gasteiger partial charge < -0.3 is 11.1 Å². The van der Waals surface area contributed by atoms with Crippen molar-refractivity contribution in [3.05, 3.63) is 18.0 Å². The van der Waals surface area contributed by atoms with Crippen LogP contribution in [0.4, 0.5) is 0 Å². The molecule has 0 radical (unpaired) electrons. The number of hydrogen-bond acceptors (Lipinski definition) is 3. The van der Waals surface area contributed by atoms with E-state index in [1.165, 1.54) is 0 Å². The second kappa shape index (κ2) is 4.39.